The van der Waals surface area contributed by atoms with E-state index in [4.69, 9.17) is 4.74 Å². The predicted molar refractivity (Wildman–Crippen MR) is 84.8 cm³/mol. The molecule has 0 bridgehead atoms. The van der Waals surface area contributed by atoms with E-state index in [9.17, 15) is 14.3 Å². The molecule has 0 aromatic heterocycles. The van der Waals surface area contributed by atoms with Gasteiger partial charge in [-0.05, 0) is 23.8 Å². The van der Waals surface area contributed by atoms with Crippen LogP contribution in [0.2, 0.25) is 0 Å². The predicted octanol–water partition coefficient (Wildman–Crippen LogP) is 4.43. The van der Waals surface area contributed by atoms with Crippen LogP contribution in [0.1, 0.15) is 21.5 Å². The summed E-state index contributed by atoms with van der Waals surface area (Å²) >= 11 is 6.66. The monoisotopic (exact) mass is 416 g/mol. The molecule has 0 aliphatic rings. The lowest BCUT2D eigenvalue weighted by molar-refractivity contribution is 0.103. The average Bonchev–Trinajstić information content (AvgIpc) is 2.46. The van der Waals surface area contributed by atoms with Gasteiger partial charge in [0.05, 0.1) is 12.7 Å². The Bertz CT molecular complexity index is 702. The summed E-state index contributed by atoms with van der Waals surface area (Å²) in [5.41, 5.74) is 1.36. The van der Waals surface area contributed by atoms with Crippen molar-refractivity contribution in [1.82, 2.24) is 0 Å². The first-order chi connectivity index (χ1) is 9.97. The smallest absolute Gasteiger partial charge is 0.198 e. The molecule has 0 saturated carbocycles. The number of alkyl halides is 1. The third kappa shape index (κ3) is 3.27. The van der Waals surface area contributed by atoms with Gasteiger partial charge >= 0.3 is 0 Å². The number of hydrogen-bond acceptors (Lipinski definition) is 3. The molecule has 2 aromatic carbocycles. The van der Waals surface area contributed by atoms with Crippen molar-refractivity contribution in [1.29, 1.82) is 0 Å². The van der Waals surface area contributed by atoms with Crippen molar-refractivity contribution >= 4 is 37.6 Å². The molecule has 2 rings (SSSR count). The highest BCUT2D eigenvalue weighted by Crippen LogP contribution is 2.30. The van der Waals surface area contributed by atoms with E-state index in [0.29, 0.717) is 15.4 Å². The van der Waals surface area contributed by atoms with Gasteiger partial charge in [-0.15, -0.1) is 0 Å². The van der Waals surface area contributed by atoms with Crippen LogP contribution in [-0.2, 0) is 5.33 Å². The van der Waals surface area contributed by atoms with E-state index in [0.717, 1.165) is 11.6 Å². The third-order valence-corrected chi connectivity index (χ3v) is 4.25. The number of ether oxygens (including phenoxy) is 1. The van der Waals surface area contributed by atoms with E-state index in [1.54, 1.807) is 18.2 Å². The number of rotatable bonds is 4. The maximum absolute atomic E-state index is 13.5. The number of carbonyl (C=O) groups is 1. The van der Waals surface area contributed by atoms with Gasteiger partial charge in [0.2, 0.25) is 0 Å². The van der Waals surface area contributed by atoms with Crippen molar-refractivity contribution in [3.05, 3.63) is 57.3 Å². The molecule has 6 heteroatoms. The Balaban J connectivity index is 2.49. The number of aromatic hydroxyl groups is 1. The standard InChI is InChI=1S/C15H11Br2FO3/c1-21-14-5-10(13(19)6-12(14)18)15(20)9-3-2-8(7-16)4-11(9)17/h2-6,19H,7H2,1H3. The first-order valence-electron chi connectivity index (χ1n) is 5.93. The second-order valence-corrected chi connectivity index (χ2v) is 5.70. The van der Waals surface area contributed by atoms with Crippen molar-refractivity contribution in [2.75, 3.05) is 7.11 Å². The molecule has 0 radical (unpaired) electrons. The van der Waals surface area contributed by atoms with Gasteiger partial charge in [0.1, 0.15) is 5.75 Å². The van der Waals surface area contributed by atoms with Crippen LogP contribution in [0.3, 0.4) is 0 Å². The average molecular weight is 418 g/mol. The Hall–Kier alpha value is -1.40. The van der Waals surface area contributed by atoms with Crippen molar-refractivity contribution in [2.24, 2.45) is 0 Å². The third-order valence-electron chi connectivity index (χ3n) is 2.95. The number of methoxy groups -OCH3 is 1. The minimum absolute atomic E-state index is 0.0134. The van der Waals surface area contributed by atoms with Gasteiger partial charge < -0.3 is 9.84 Å². The van der Waals surface area contributed by atoms with Crippen LogP contribution in [0.5, 0.6) is 11.5 Å². The molecule has 3 nitrogen and oxygen atoms in total. The molecule has 0 spiro atoms. The Kier molecular flexibility index (Phi) is 5.00. The zero-order valence-corrected chi connectivity index (χ0v) is 14.2. The van der Waals surface area contributed by atoms with E-state index in [1.165, 1.54) is 13.2 Å². The summed E-state index contributed by atoms with van der Waals surface area (Å²) in [5, 5.41) is 10.5. The van der Waals surface area contributed by atoms with E-state index in [1.807, 2.05) is 0 Å². The minimum atomic E-state index is -0.722. The molecule has 0 fully saturated rings. The van der Waals surface area contributed by atoms with Gasteiger partial charge in [0.25, 0.3) is 0 Å². The fourth-order valence-corrected chi connectivity index (χ4v) is 2.81. The van der Waals surface area contributed by atoms with Gasteiger partial charge in [-0.25, -0.2) is 4.39 Å². The van der Waals surface area contributed by atoms with Crippen molar-refractivity contribution < 1.29 is 19.0 Å². The second-order valence-electron chi connectivity index (χ2n) is 4.28. The molecule has 1 N–H and O–H groups in total. The van der Waals surface area contributed by atoms with E-state index >= 15 is 0 Å². The molecule has 21 heavy (non-hydrogen) atoms. The number of phenols is 1. The summed E-state index contributed by atoms with van der Waals surface area (Å²) in [7, 11) is 1.30. The van der Waals surface area contributed by atoms with Gasteiger partial charge in [0, 0.05) is 21.4 Å². The van der Waals surface area contributed by atoms with Crippen LogP contribution in [0.4, 0.5) is 4.39 Å². The fraction of sp³-hybridized carbons (Fsp3) is 0.133. The molecular weight excluding hydrogens is 407 g/mol. The molecule has 0 aliphatic carbocycles. The molecule has 0 atom stereocenters. The maximum atomic E-state index is 13.5. The molecule has 0 unspecified atom stereocenters. The Morgan fingerprint density at radius 3 is 2.57 bits per heavy atom. The number of benzene rings is 2. The summed E-state index contributed by atoms with van der Waals surface area (Å²) in [4.78, 5) is 12.5. The lowest BCUT2D eigenvalue weighted by Crippen LogP contribution is -2.04. The van der Waals surface area contributed by atoms with Crippen molar-refractivity contribution in [3.63, 3.8) is 0 Å². The summed E-state index contributed by atoms with van der Waals surface area (Å²) < 4.78 is 18.9. The Morgan fingerprint density at radius 1 is 1.29 bits per heavy atom. The first-order valence-corrected chi connectivity index (χ1v) is 7.85. The van der Waals surface area contributed by atoms with Crippen molar-refractivity contribution in [2.45, 2.75) is 5.33 Å². The fourth-order valence-electron chi connectivity index (χ4n) is 1.85. The second kappa shape index (κ2) is 6.58. The number of ketones is 1. The molecule has 0 saturated heterocycles. The molecule has 110 valence electrons. The van der Waals surface area contributed by atoms with Crippen LogP contribution in [0.25, 0.3) is 0 Å². The minimum Gasteiger partial charge on any atom is -0.507 e. The number of halogens is 3. The summed E-state index contributed by atoms with van der Waals surface area (Å²) in [6.45, 7) is 0. The quantitative estimate of drug-likeness (QED) is 0.591. The van der Waals surface area contributed by atoms with Crippen LogP contribution >= 0.6 is 31.9 Å². The zero-order valence-electron chi connectivity index (χ0n) is 11.0. The summed E-state index contributed by atoms with van der Waals surface area (Å²) in [6.07, 6.45) is 0. The molecule has 0 heterocycles. The van der Waals surface area contributed by atoms with Crippen LogP contribution in [-0.4, -0.2) is 18.0 Å². The summed E-state index contributed by atoms with van der Waals surface area (Å²) in [6, 6.07) is 7.31. The highest BCUT2D eigenvalue weighted by molar-refractivity contribution is 9.10. The number of hydrogen-bond donors (Lipinski definition) is 1. The zero-order chi connectivity index (χ0) is 15.6. The van der Waals surface area contributed by atoms with Crippen LogP contribution < -0.4 is 4.74 Å². The van der Waals surface area contributed by atoms with E-state index < -0.39 is 17.3 Å². The molecule has 0 aliphatic heterocycles. The van der Waals surface area contributed by atoms with Crippen molar-refractivity contribution in [3.8, 4) is 11.5 Å². The molecule has 0 amide bonds. The normalized spacial score (nSPS) is 10.5. The Morgan fingerprint density at radius 2 is 2.00 bits per heavy atom. The van der Waals surface area contributed by atoms with Crippen LogP contribution in [0, 0.1) is 5.82 Å². The summed E-state index contributed by atoms with van der Waals surface area (Å²) in [5.74, 6) is -1.65. The molecular formula is C15H11Br2FO3. The topological polar surface area (TPSA) is 46.5 Å². The Labute approximate surface area is 138 Å². The largest absolute Gasteiger partial charge is 0.507 e. The number of carbonyl (C=O) groups excluding carboxylic acids is 1. The van der Waals surface area contributed by atoms with Gasteiger partial charge in [-0.3, -0.25) is 4.79 Å². The maximum Gasteiger partial charge on any atom is 0.198 e. The van der Waals surface area contributed by atoms with Gasteiger partial charge in [0.15, 0.2) is 17.3 Å². The highest BCUT2D eigenvalue weighted by atomic mass is 79.9. The lowest BCUT2D eigenvalue weighted by Gasteiger charge is -2.09. The highest BCUT2D eigenvalue weighted by Gasteiger charge is 2.19. The van der Waals surface area contributed by atoms with Crippen LogP contribution in [0.15, 0.2) is 34.8 Å². The lowest BCUT2D eigenvalue weighted by atomic mass is 10.0. The number of phenolic OH excluding ortho intramolecular Hbond substituents is 1. The van der Waals surface area contributed by atoms with E-state index in [-0.39, 0.29) is 11.3 Å². The SMILES string of the molecule is COc1cc(C(=O)c2ccc(CBr)cc2Br)c(O)cc1F. The first kappa shape index (κ1) is 16.0. The van der Waals surface area contributed by atoms with E-state index in [2.05, 4.69) is 31.9 Å². The van der Waals surface area contributed by atoms with Gasteiger partial charge in [-0.1, -0.05) is 37.9 Å². The molecule has 2 aromatic rings. The van der Waals surface area contributed by atoms with Gasteiger partial charge in [-0.2, -0.15) is 0 Å².